The molecule has 7 nitrogen and oxygen atoms in total. The van der Waals surface area contributed by atoms with Crippen molar-refractivity contribution in [2.75, 3.05) is 5.32 Å². The Labute approximate surface area is 123 Å². The van der Waals surface area contributed by atoms with Crippen LogP contribution in [0.5, 0.6) is 0 Å². The van der Waals surface area contributed by atoms with Gasteiger partial charge in [0, 0.05) is 17.1 Å². The zero-order valence-corrected chi connectivity index (χ0v) is 12.1. The quantitative estimate of drug-likeness (QED) is 0.341. The molecule has 0 atom stereocenters. The molecule has 1 amide bonds. The first kappa shape index (κ1) is 14.1. The number of carbonyl (C=O) groups excluding carboxylic acids is 1. The van der Waals surface area contributed by atoms with E-state index in [9.17, 15) is 4.79 Å². The van der Waals surface area contributed by atoms with Gasteiger partial charge >= 0.3 is 0 Å². The van der Waals surface area contributed by atoms with Crippen LogP contribution in [0.4, 0.5) is 5.69 Å². The van der Waals surface area contributed by atoms with Gasteiger partial charge in [-0.15, -0.1) is 0 Å². The maximum Gasteiger partial charge on any atom is 0.273 e. The number of amides is 1. The Bertz CT molecular complexity index is 680. The largest absolute Gasteiger partial charge is 0.409 e. The van der Waals surface area contributed by atoms with Crippen LogP contribution in [0.15, 0.2) is 40.4 Å². The van der Waals surface area contributed by atoms with E-state index in [2.05, 4.69) is 31.4 Å². The smallest absolute Gasteiger partial charge is 0.273 e. The number of nitrogens with two attached hydrogens (primary N) is 1. The van der Waals surface area contributed by atoms with Crippen LogP contribution in [0.25, 0.3) is 0 Å². The van der Waals surface area contributed by atoms with E-state index in [-0.39, 0.29) is 11.7 Å². The van der Waals surface area contributed by atoms with Crippen LogP contribution < -0.4 is 11.1 Å². The van der Waals surface area contributed by atoms with E-state index in [1.807, 2.05) is 0 Å². The van der Waals surface area contributed by atoms with E-state index in [4.69, 9.17) is 10.9 Å². The van der Waals surface area contributed by atoms with Crippen LogP contribution in [0.2, 0.25) is 0 Å². The maximum absolute atomic E-state index is 12.1. The molecule has 0 radical (unpaired) electrons. The second-order valence-electron chi connectivity index (χ2n) is 4.02. The molecule has 2 aromatic rings. The van der Waals surface area contributed by atoms with Gasteiger partial charge in [0.05, 0.1) is 18.2 Å². The Kier molecular flexibility index (Phi) is 4.04. The summed E-state index contributed by atoms with van der Waals surface area (Å²) in [6, 6.07) is 5.03. The lowest BCUT2D eigenvalue weighted by Gasteiger charge is -2.10. The molecule has 20 heavy (non-hydrogen) atoms. The standard InChI is InChI=1S/C12H12BrN5O2/c1-18-6-15-5-10(18)12(19)16-9-4-7(13)2-3-8(9)11(14)17-20/h2-6,20H,1H3,(H2,14,17)(H,16,19). The molecule has 0 unspecified atom stereocenters. The third-order valence-corrected chi connectivity index (χ3v) is 3.16. The third kappa shape index (κ3) is 2.80. The molecular formula is C12H12BrN5O2. The highest BCUT2D eigenvalue weighted by atomic mass is 79.9. The summed E-state index contributed by atoms with van der Waals surface area (Å²) in [6.07, 6.45) is 2.98. The highest BCUT2D eigenvalue weighted by molar-refractivity contribution is 9.10. The van der Waals surface area contributed by atoms with Crippen molar-refractivity contribution in [3.63, 3.8) is 0 Å². The minimum Gasteiger partial charge on any atom is -0.409 e. The predicted octanol–water partition coefficient (Wildman–Crippen LogP) is 1.53. The molecule has 0 aliphatic carbocycles. The molecule has 8 heteroatoms. The number of hydrogen-bond acceptors (Lipinski definition) is 4. The number of anilines is 1. The summed E-state index contributed by atoms with van der Waals surface area (Å²) in [4.78, 5) is 16.0. The molecule has 0 aliphatic heterocycles. The Morgan fingerprint density at radius 3 is 2.90 bits per heavy atom. The number of carbonyl (C=O) groups is 1. The van der Waals surface area contributed by atoms with Crippen LogP contribution >= 0.6 is 15.9 Å². The molecule has 0 fully saturated rings. The van der Waals surface area contributed by atoms with Gasteiger partial charge in [0.25, 0.3) is 5.91 Å². The fourth-order valence-corrected chi connectivity index (χ4v) is 2.02. The summed E-state index contributed by atoms with van der Waals surface area (Å²) < 4.78 is 2.35. The molecule has 0 saturated carbocycles. The van der Waals surface area contributed by atoms with Gasteiger partial charge in [-0.05, 0) is 18.2 Å². The molecular weight excluding hydrogens is 326 g/mol. The highest BCUT2D eigenvalue weighted by Crippen LogP contribution is 2.22. The first-order valence-corrected chi connectivity index (χ1v) is 6.37. The van der Waals surface area contributed by atoms with Gasteiger partial charge in [0.15, 0.2) is 5.84 Å². The first-order valence-electron chi connectivity index (χ1n) is 5.58. The normalized spacial score (nSPS) is 11.4. The molecule has 0 saturated heterocycles. The lowest BCUT2D eigenvalue weighted by atomic mass is 10.1. The number of rotatable bonds is 3. The average molecular weight is 338 g/mol. The van der Waals surface area contributed by atoms with E-state index in [1.54, 1.807) is 29.8 Å². The predicted molar refractivity (Wildman–Crippen MR) is 77.8 cm³/mol. The van der Waals surface area contributed by atoms with Gasteiger partial charge in [-0.3, -0.25) is 4.79 Å². The lowest BCUT2D eigenvalue weighted by Crippen LogP contribution is -2.20. The van der Waals surface area contributed by atoms with Crippen molar-refractivity contribution in [1.82, 2.24) is 9.55 Å². The van der Waals surface area contributed by atoms with Gasteiger partial charge < -0.3 is 20.8 Å². The first-order chi connectivity index (χ1) is 9.52. The monoisotopic (exact) mass is 337 g/mol. The van der Waals surface area contributed by atoms with E-state index in [1.165, 1.54) is 12.5 Å². The minimum absolute atomic E-state index is 0.0854. The fraction of sp³-hybridized carbons (Fsp3) is 0.0833. The van der Waals surface area contributed by atoms with Crippen molar-refractivity contribution >= 4 is 33.4 Å². The number of imidazole rings is 1. The third-order valence-electron chi connectivity index (χ3n) is 2.66. The zero-order chi connectivity index (χ0) is 14.7. The Balaban J connectivity index is 2.36. The van der Waals surface area contributed by atoms with Gasteiger partial charge in [-0.2, -0.15) is 0 Å². The second kappa shape index (κ2) is 5.74. The van der Waals surface area contributed by atoms with Gasteiger partial charge in [0.1, 0.15) is 5.69 Å². The Morgan fingerprint density at radius 2 is 2.30 bits per heavy atom. The van der Waals surface area contributed by atoms with Crippen molar-refractivity contribution in [1.29, 1.82) is 0 Å². The van der Waals surface area contributed by atoms with Crippen molar-refractivity contribution < 1.29 is 10.0 Å². The van der Waals surface area contributed by atoms with Crippen LogP contribution in [0.3, 0.4) is 0 Å². The summed E-state index contributed by atoms with van der Waals surface area (Å²) >= 11 is 3.31. The number of aryl methyl sites for hydroxylation is 1. The number of nitrogens with one attached hydrogen (secondary N) is 1. The van der Waals surface area contributed by atoms with Gasteiger partial charge in [-0.25, -0.2) is 4.98 Å². The average Bonchev–Trinajstić information content (AvgIpc) is 2.84. The molecule has 0 aliphatic rings. The summed E-state index contributed by atoms with van der Waals surface area (Å²) in [6.45, 7) is 0. The van der Waals surface area contributed by atoms with Crippen molar-refractivity contribution in [3.05, 3.63) is 46.5 Å². The molecule has 104 valence electrons. The number of hydrogen-bond donors (Lipinski definition) is 3. The van der Waals surface area contributed by atoms with Crippen LogP contribution in [-0.4, -0.2) is 26.5 Å². The zero-order valence-electron chi connectivity index (χ0n) is 10.5. The van der Waals surface area contributed by atoms with Gasteiger partial charge in [0.2, 0.25) is 0 Å². The number of halogens is 1. The maximum atomic E-state index is 12.1. The molecule has 1 aromatic carbocycles. The van der Waals surface area contributed by atoms with E-state index < -0.39 is 0 Å². The number of aromatic nitrogens is 2. The molecule has 0 bridgehead atoms. The van der Waals surface area contributed by atoms with Crippen molar-refractivity contribution in [3.8, 4) is 0 Å². The second-order valence-corrected chi connectivity index (χ2v) is 4.93. The molecule has 1 aromatic heterocycles. The highest BCUT2D eigenvalue weighted by Gasteiger charge is 2.14. The molecule has 1 heterocycles. The molecule has 2 rings (SSSR count). The number of benzene rings is 1. The number of oxime groups is 1. The summed E-state index contributed by atoms with van der Waals surface area (Å²) in [5, 5.41) is 14.4. The van der Waals surface area contributed by atoms with Crippen LogP contribution in [0.1, 0.15) is 16.1 Å². The van der Waals surface area contributed by atoms with Crippen LogP contribution in [-0.2, 0) is 7.05 Å². The minimum atomic E-state index is -0.338. The topological polar surface area (TPSA) is 106 Å². The van der Waals surface area contributed by atoms with E-state index >= 15 is 0 Å². The Morgan fingerprint density at radius 1 is 1.55 bits per heavy atom. The summed E-state index contributed by atoms with van der Waals surface area (Å²) in [5.41, 5.74) is 6.84. The van der Waals surface area contributed by atoms with Crippen molar-refractivity contribution in [2.24, 2.45) is 17.9 Å². The number of amidine groups is 1. The molecule has 4 N–H and O–H groups in total. The van der Waals surface area contributed by atoms with Crippen molar-refractivity contribution in [2.45, 2.75) is 0 Å². The SMILES string of the molecule is Cn1cncc1C(=O)Nc1cc(Br)ccc1/C(N)=N/O. The van der Waals surface area contributed by atoms with Gasteiger partial charge in [-0.1, -0.05) is 21.1 Å². The molecule has 0 spiro atoms. The van der Waals surface area contributed by atoms with Crippen LogP contribution in [0, 0.1) is 0 Å². The van der Waals surface area contributed by atoms with E-state index in [0.29, 0.717) is 16.9 Å². The summed E-state index contributed by atoms with van der Waals surface area (Å²) in [5.74, 6) is -0.423. The Hall–Kier alpha value is -2.35. The summed E-state index contributed by atoms with van der Waals surface area (Å²) in [7, 11) is 1.72. The van der Waals surface area contributed by atoms with E-state index in [0.717, 1.165) is 4.47 Å². The number of nitrogens with zero attached hydrogens (tertiary/aromatic N) is 3. The fourth-order valence-electron chi connectivity index (χ4n) is 1.66. The lowest BCUT2D eigenvalue weighted by molar-refractivity contribution is 0.101.